The number of alkyl halides is 3. The number of anilines is 1. The van der Waals surface area contributed by atoms with Gasteiger partial charge in [0.15, 0.2) is 0 Å². The Morgan fingerprint density at radius 2 is 1.81 bits per heavy atom. The maximum Gasteiger partial charge on any atom is 0.450 e. The van der Waals surface area contributed by atoms with Crippen molar-refractivity contribution in [3.63, 3.8) is 0 Å². The number of hydrogen-bond donors (Lipinski definition) is 1. The van der Waals surface area contributed by atoms with Crippen molar-refractivity contribution in [2.24, 2.45) is 0 Å². The molecular weight excluding hydrogens is 286 g/mol. The molecule has 3 aromatic rings. The molecule has 7 heteroatoms. The molecule has 1 heterocycles. The lowest BCUT2D eigenvalue weighted by Crippen LogP contribution is -2.13. The van der Waals surface area contributed by atoms with Crippen LogP contribution in [-0.2, 0) is 6.18 Å². The average Bonchev–Trinajstić information content (AvgIpc) is 2.77. The van der Waals surface area contributed by atoms with E-state index in [0.29, 0.717) is 5.69 Å². The lowest BCUT2D eigenvalue weighted by atomic mass is 10.2. The van der Waals surface area contributed by atoms with Crippen LogP contribution in [-0.4, -0.2) is 9.55 Å². The third kappa shape index (κ3) is 2.31. The number of nitrogen functional groups attached to an aromatic ring is 1. The smallest absolute Gasteiger partial charge is 0.399 e. The van der Waals surface area contributed by atoms with E-state index in [4.69, 9.17) is 5.73 Å². The second-order valence-corrected chi connectivity index (χ2v) is 4.50. The first-order chi connectivity index (χ1) is 9.86. The van der Waals surface area contributed by atoms with Crippen molar-refractivity contribution in [1.82, 2.24) is 9.55 Å². The van der Waals surface area contributed by atoms with Gasteiger partial charge < -0.3 is 5.73 Å². The minimum absolute atomic E-state index is 0.0506. The Kier molecular flexibility index (Phi) is 2.86. The lowest BCUT2D eigenvalue weighted by molar-refractivity contribution is -0.145. The second-order valence-electron chi connectivity index (χ2n) is 4.50. The first kappa shape index (κ1) is 13.4. The number of hydrogen-bond acceptors (Lipinski definition) is 2. The fourth-order valence-electron chi connectivity index (χ4n) is 2.16. The molecule has 2 N–H and O–H groups in total. The second kappa shape index (κ2) is 4.47. The first-order valence-corrected chi connectivity index (χ1v) is 5.97. The molecule has 0 amide bonds. The van der Waals surface area contributed by atoms with E-state index >= 15 is 0 Å². The van der Waals surface area contributed by atoms with Gasteiger partial charge in [0.2, 0.25) is 5.82 Å². The Balaban J connectivity index is 2.38. The monoisotopic (exact) mass is 295 g/mol. The van der Waals surface area contributed by atoms with E-state index in [1.165, 1.54) is 30.3 Å². The molecule has 0 unspecified atom stereocenters. The molecule has 0 saturated carbocycles. The number of imidazole rings is 1. The molecular formula is C14H9F4N3. The van der Waals surface area contributed by atoms with Crippen LogP contribution in [0.2, 0.25) is 0 Å². The maximum absolute atomic E-state index is 13.3. The number of benzene rings is 2. The number of nitrogens with zero attached hydrogens (tertiary/aromatic N) is 2. The number of rotatable bonds is 1. The summed E-state index contributed by atoms with van der Waals surface area (Å²) < 4.78 is 53.7. The van der Waals surface area contributed by atoms with Gasteiger partial charge in [0.1, 0.15) is 5.82 Å². The zero-order valence-corrected chi connectivity index (χ0v) is 10.5. The van der Waals surface area contributed by atoms with Crippen molar-refractivity contribution in [2.75, 3.05) is 5.73 Å². The van der Waals surface area contributed by atoms with Crippen LogP contribution in [0.1, 0.15) is 5.82 Å². The van der Waals surface area contributed by atoms with Gasteiger partial charge in [-0.3, -0.25) is 4.57 Å². The summed E-state index contributed by atoms with van der Waals surface area (Å²) in [6.07, 6.45) is -4.67. The molecule has 0 fully saturated rings. The number of halogens is 4. The predicted octanol–water partition coefficient (Wildman–Crippen LogP) is 3.77. The molecule has 0 atom stereocenters. The van der Waals surface area contributed by atoms with Crippen LogP contribution < -0.4 is 5.73 Å². The van der Waals surface area contributed by atoms with E-state index in [-0.39, 0.29) is 16.7 Å². The topological polar surface area (TPSA) is 43.8 Å². The lowest BCUT2D eigenvalue weighted by Gasteiger charge is -2.11. The van der Waals surface area contributed by atoms with Gasteiger partial charge in [-0.05, 0) is 36.4 Å². The molecule has 3 nitrogen and oxygen atoms in total. The van der Waals surface area contributed by atoms with E-state index in [1.54, 1.807) is 0 Å². The molecule has 0 aliphatic rings. The summed E-state index contributed by atoms with van der Waals surface area (Å²) in [4.78, 5) is 3.59. The zero-order chi connectivity index (χ0) is 15.2. The van der Waals surface area contributed by atoms with E-state index in [1.807, 2.05) is 0 Å². The molecule has 0 bridgehead atoms. The third-order valence-corrected chi connectivity index (χ3v) is 3.00. The molecule has 3 rings (SSSR count). The highest BCUT2D eigenvalue weighted by Gasteiger charge is 2.38. The molecule has 108 valence electrons. The highest BCUT2D eigenvalue weighted by molar-refractivity contribution is 5.81. The van der Waals surface area contributed by atoms with Crippen LogP contribution in [0.25, 0.3) is 16.7 Å². The van der Waals surface area contributed by atoms with Crippen LogP contribution >= 0.6 is 0 Å². The summed E-state index contributed by atoms with van der Waals surface area (Å²) in [6, 6.07) is 9.16. The summed E-state index contributed by atoms with van der Waals surface area (Å²) in [6.45, 7) is 0. The van der Waals surface area contributed by atoms with Crippen molar-refractivity contribution >= 4 is 16.7 Å². The quantitative estimate of drug-likeness (QED) is 0.548. The van der Waals surface area contributed by atoms with Gasteiger partial charge in [-0.25, -0.2) is 9.37 Å². The van der Waals surface area contributed by atoms with E-state index in [0.717, 1.165) is 16.7 Å². The van der Waals surface area contributed by atoms with E-state index in [9.17, 15) is 17.6 Å². The fourth-order valence-corrected chi connectivity index (χ4v) is 2.16. The summed E-state index contributed by atoms with van der Waals surface area (Å²) in [7, 11) is 0. The van der Waals surface area contributed by atoms with Crippen molar-refractivity contribution in [2.45, 2.75) is 6.18 Å². The van der Waals surface area contributed by atoms with Crippen molar-refractivity contribution < 1.29 is 17.6 Å². The molecule has 0 saturated heterocycles. The zero-order valence-electron chi connectivity index (χ0n) is 10.5. The normalized spacial score (nSPS) is 12.0. The molecule has 0 spiro atoms. The summed E-state index contributed by atoms with van der Waals surface area (Å²) in [5.74, 6) is -1.74. The first-order valence-electron chi connectivity index (χ1n) is 5.97. The van der Waals surface area contributed by atoms with E-state index in [2.05, 4.69) is 4.98 Å². The van der Waals surface area contributed by atoms with Gasteiger partial charge in [-0.15, -0.1) is 0 Å². The Morgan fingerprint density at radius 3 is 2.48 bits per heavy atom. The SMILES string of the molecule is Nc1ccc2c(c1)nc(C(F)(F)F)n2-c1cccc(F)c1. The van der Waals surface area contributed by atoms with Gasteiger partial charge in [-0.2, -0.15) is 13.2 Å². The number of aromatic nitrogens is 2. The van der Waals surface area contributed by atoms with Crippen molar-refractivity contribution in [3.05, 3.63) is 54.1 Å². The molecule has 0 radical (unpaired) electrons. The Labute approximate surface area is 116 Å². The van der Waals surface area contributed by atoms with Crippen molar-refractivity contribution in [3.8, 4) is 5.69 Å². The average molecular weight is 295 g/mol. The molecule has 0 aliphatic carbocycles. The van der Waals surface area contributed by atoms with Crippen LogP contribution in [0.5, 0.6) is 0 Å². The van der Waals surface area contributed by atoms with Crippen molar-refractivity contribution in [1.29, 1.82) is 0 Å². The fraction of sp³-hybridized carbons (Fsp3) is 0.0714. The Hall–Kier alpha value is -2.57. The van der Waals surface area contributed by atoms with Crippen LogP contribution in [0.3, 0.4) is 0 Å². The van der Waals surface area contributed by atoms with Crippen LogP contribution in [0.4, 0.5) is 23.2 Å². The van der Waals surface area contributed by atoms with E-state index < -0.39 is 17.8 Å². The highest BCUT2D eigenvalue weighted by atomic mass is 19.4. The van der Waals surface area contributed by atoms with Crippen LogP contribution in [0.15, 0.2) is 42.5 Å². The molecule has 2 aromatic carbocycles. The standard InChI is InChI=1S/C14H9F4N3/c15-8-2-1-3-10(6-8)21-12-5-4-9(19)7-11(12)20-13(21)14(16,17)18/h1-7H,19H2. The molecule has 1 aromatic heterocycles. The largest absolute Gasteiger partial charge is 0.450 e. The minimum atomic E-state index is -4.67. The van der Waals surface area contributed by atoms with Gasteiger partial charge in [0.25, 0.3) is 0 Å². The summed E-state index contributed by atoms with van der Waals surface area (Å²) in [5.41, 5.74) is 6.23. The minimum Gasteiger partial charge on any atom is -0.399 e. The van der Waals surface area contributed by atoms with Gasteiger partial charge in [-0.1, -0.05) is 6.07 Å². The predicted molar refractivity (Wildman–Crippen MR) is 70.4 cm³/mol. The number of nitrogens with two attached hydrogens (primary N) is 1. The van der Waals surface area contributed by atoms with Gasteiger partial charge in [0.05, 0.1) is 16.7 Å². The third-order valence-electron chi connectivity index (χ3n) is 3.00. The maximum atomic E-state index is 13.3. The molecule has 21 heavy (non-hydrogen) atoms. The van der Waals surface area contributed by atoms with Gasteiger partial charge in [0, 0.05) is 5.69 Å². The van der Waals surface area contributed by atoms with Crippen LogP contribution in [0, 0.1) is 5.82 Å². The summed E-state index contributed by atoms with van der Waals surface area (Å²) >= 11 is 0. The summed E-state index contributed by atoms with van der Waals surface area (Å²) in [5, 5.41) is 0. The Morgan fingerprint density at radius 1 is 1.05 bits per heavy atom. The molecule has 0 aliphatic heterocycles. The van der Waals surface area contributed by atoms with Gasteiger partial charge >= 0.3 is 6.18 Å². The Bertz CT molecular complexity index is 821. The number of fused-ring (bicyclic) bond motifs is 1. The highest BCUT2D eigenvalue weighted by Crippen LogP contribution is 2.34.